The first-order chi connectivity index (χ1) is 13.1. The second-order valence-electron chi connectivity index (χ2n) is 6.65. The molecule has 0 radical (unpaired) electrons. The molecule has 0 bridgehead atoms. The monoisotopic (exact) mass is 358 g/mol. The molecule has 0 fully saturated rings. The summed E-state index contributed by atoms with van der Waals surface area (Å²) in [5.74, 6) is 1.62. The average molecular weight is 358 g/mol. The number of nitrogens with zero attached hydrogens (tertiary/aromatic N) is 3. The number of aromatic nitrogens is 3. The minimum Gasteiger partial charge on any atom is -0.497 e. The van der Waals surface area contributed by atoms with Gasteiger partial charge in [0.25, 0.3) is 0 Å². The predicted octanol–water partition coefficient (Wildman–Crippen LogP) is 4.63. The van der Waals surface area contributed by atoms with Crippen LogP contribution in [0.15, 0.2) is 60.8 Å². The van der Waals surface area contributed by atoms with Crippen molar-refractivity contribution in [2.24, 2.45) is 0 Å². The van der Waals surface area contributed by atoms with Crippen molar-refractivity contribution < 1.29 is 4.74 Å². The Morgan fingerprint density at radius 1 is 1.04 bits per heavy atom. The molecular formula is C22H22N4O. The summed E-state index contributed by atoms with van der Waals surface area (Å²) in [5.41, 5.74) is 6.58. The number of rotatable bonds is 5. The first kappa shape index (κ1) is 17.1. The molecule has 1 N–H and O–H groups in total. The Kier molecular flexibility index (Phi) is 4.50. The van der Waals surface area contributed by atoms with Crippen molar-refractivity contribution in [2.45, 2.75) is 20.4 Å². The lowest BCUT2D eigenvalue weighted by Crippen LogP contribution is -2.05. The highest BCUT2D eigenvalue weighted by Gasteiger charge is 2.09. The largest absolute Gasteiger partial charge is 0.497 e. The van der Waals surface area contributed by atoms with Crippen LogP contribution < -0.4 is 10.1 Å². The van der Waals surface area contributed by atoms with Crippen molar-refractivity contribution in [2.75, 3.05) is 12.4 Å². The van der Waals surface area contributed by atoms with Gasteiger partial charge in [0.05, 0.1) is 19.0 Å². The SMILES string of the molecule is COc1cccc(-c2cnc3ccc(NCc4ccc(C)cc4C)nn23)c1. The first-order valence-electron chi connectivity index (χ1n) is 8.93. The Bertz CT molecular complexity index is 1100. The van der Waals surface area contributed by atoms with E-state index in [1.165, 1.54) is 16.7 Å². The zero-order valence-electron chi connectivity index (χ0n) is 15.7. The highest BCUT2D eigenvalue weighted by molar-refractivity contribution is 5.65. The average Bonchev–Trinajstić information content (AvgIpc) is 3.10. The van der Waals surface area contributed by atoms with Crippen LogP contribution >= 0.6 is 0 Å². The van der Waals surface area contributed by atoms with Gasteiger partial charge in [-0.15, -0.1) is 5.10 Å². The van der Waals surface area contributed by atoms with E-state index >= 15 is 0 Å². The Morgan fingerprint density at radius 3 is 2.74 bits per heavy atom. The molecule has 0 amide bonds. The molecule has 27 heavy (non-hydrogen) atoms. The van der Waals surface area contributed by atoms with Crippen molar-refractivity contribution in [1.82, 2.24) is 14.6 Å². The molecular weight excluding hydrogens is 336 g/mol. The fraction of sp³-hybridized carbons (Fsp3) is 0.182. The van der Waals surface area contributed by atoms with Crippen LogP contribution in [-0.4, -0.2) is 21.7 Å². The lowest BCUT2D eigenvalue weighted by Gasteiger charge is -2.10. The van der Waals surface area contributed by atoms with E-state index < -0.39 is 0 Å². The van der Waals surface area contributed by atoms with Gasteiger partial charge in [-0.25, -0.2) is 9.50 Å². The molecule has 0 aliphatic heterocycles. The number of aryl methyl sites for hydroxylation is 2. The molecule has 5 nitrogen and oxygen atoms in total. The normalized spacial score (nSPS) is 10.9. The van der Waals surface area contributed by atoms with Gasteiger partial charge in [0.2, 0.25) is 0 Å². The van der Waals surface area contributed by atoms with Crippen LogP contribution in [0.3, 0.4) is 0 Å². The lowest BCUT2D eigenvalue weighted by molar-refractivity contribution is 0.415. The smallest absolute Gasteiger partial charge is 0.154 e. The van der Waals surface area contributed by atoms with Crippen molar-refractivity contribution in [3.05, 3.63) is 77.5 Å². The van der Waals surface area contributed by atoms with Crippen molar-refractivity contribution in [1.29, 1.82) is 0 Å². The van der Waals surface area contributed by atoms with Gasteiger partial charge < -0.3 is 10.1 Å². The predicted molar refractivity (Wildman–Crippen MR) is 108 cm³/mol. The fourth-order valence-electron chi connectivity index (χ4n) is 3.18. The second kappa shape index (κ2) is 7.11. The molecule has 0 saturated heterocycles. The fourth-order valence-corrected chi connectivity index (χ4v) is 3.18. The van der Waals surface area contributed by atoms with Crippen molar-refractivity contribution in [3.63, 3.8) is 0 Å². The summed E-state index contributed by atoms with van der Waals surface area (Å²) in [5, 5.41) is 8.15. The van der Waals surface area contributed by atoms with E-state index in [0.717, 1.165) is 35.0 Å². The van der Waals surface area contributed by atoms with Gasteiger partial charge in [-0.05, 0) is 49.2 Å². The molecule has 0 aliphatic rings. The van der Waals surface area contributed by atoms with E-state index in [-0.39, 0.29) is 0 Å². The van der Waals surface area contributed by atoms with Gasteiger partial charge >= 0.3 is 0 Å². The molecule has 5 heteroatoms. The van der Waals surface area contributed by atoms with Crippen LogP contribution in [0.2, 0.25) is 0 Å². The van der Waals surface area contributed by atoms with E-state index in [1.807, 2.05) is 47.1 Å². The molecule has 0 aliphatic carbocycles. The minimum atomic E-state index is 0.730. The Morgan fingerprint density at radius 2 is 1.93 bits per heavy atom. The van der Waals surface area contributed by atoms with E-state index in [0.29, 0.717) is 0 Å². The molecule has 2 aromatic heterocycles. The number of ether oxygens (including phenoxy) is 1. The maximum Gasteiger partial charge on any atom is 0.154 e. The van der Waals surface area contributed by atoms with Crippen LogP contribution in [0.5, 0.6) is 5.75 Å². The van der Waals surface area contributed by atoms with Crippen LogP contribution in [0.1, 0.15) is 16.7 Å². The van der Waals surface area contributed by atoms with E-state index in [4.69, 9.17) is 9.84 Å². The van der Waals surface area contributed by atoms with Crippen molar-refractivity contribution >= 4 is 11.5 Å². The molecule has 4 rings (SSSR count). The van der Waals surface area contributed by atoms with Gasteiger partial charge in [0.1, 0.15) is 11.6 Å². The lowest BCUT2D eigenvalue weighted by atomic mass is 10.1. The molecule has 0 spiro atoms. The third kappa shape index (κ3) is 3.49. The third-order valence-electron chi connectivity index (χ3n) is 4.69. The van der Waals surface area contributed by atoms with Gasteiger partial charge in [-0.2, -0.15) is 0 Å². The van der Waals surface area contributed by atoms with Crippen LogP contribution in [0, 0.1) is 13.8 Å². The quantitative estimate of drug-likeness (QED) is 0.565. The maximum atomic E-state index is 5.33. The van der Waals surface area contributed by atoms with Crippen LogP contribution in [0.25, 0.3) is 16.9 Å². The molecule has 0 saturated carbocycles. The zero-order chi connectivity index (χ0) is 18.8. The summed E-state index contributed by atoms with van der Waals surface area (Å²) in [6, 6.07) is 18.3. The first-order valence-corrected chi connectivity index (χ1v) is 8.93. The Hall–Kier alpha value is -3.34. The number of imidazole rings is 1. The maximum absolute atomic E-state index is 5.33. The molecule has 2 heterocycles. The number of benzene rings is 2. The van der Waals surface area contributed by atoms with Crippen LogP contribution in [0.4, 0.5) is 5.82 Å². The topological polar surface area (TPSA) is 51.5 Å². The van der Waals surface area contributed by atoms with E-state index in [9.17, 15) is 0 Å². The van der Waals surface area contributed by atoms with Gasteiger partial charge in [0, 0.05) is 12.1 Å². The second-order valence-corrected chi connectivity index (χ2v) is 6.65. The Labute approximate surface area is 158 Å². The van der Waals surface area contributed by atoms with Gasteiger partial charge in [0.15, 0.2) is 5.65 Å². The number of fused-ring (bicyclic) bond motifs is 1. The summed E-state index contributed by atoms with van der Waals surface area (Å²) >= 11 is 0. The summed E-state index contributed by atoms with van der Waals surface area (Å²) in [6.07, 6.45) is 1.84. The van der Waals surface area contributed by atoms with Gasteiger partial charge in [-0.1, -0.05) is 35.9 Å². The highest BCUT2D eigenvalue weighted by atomic mass is 16.5. The molecule has 0 atom stereocenters. The minimum absolute atomic E-state index is 0.730. The number of methoxy groups -OCH3 is 1. The number of nitrogens with one attached hydrogen (secondary N) is 1. The molecule has 4 aromatic rings. The third-order valence-corrected chi connectivity index (χ3v) is 4.69. The van der Waals surface area contributed by atoms with E-state index in [1.54, 1.807) is 7.11 Å². The summed E-state index contributed by atoms with van der Waals surface area (Å²) in [4.78, 5) is 4.47. The number of hydrogen-bond donors (Lipinski definition) is 1. The van der Waals surface area contributed by atoms with Crippen molar-refractivity contribution in [3.8, 4) is 17.0 Å². The number of hydrogen-bond acceptors (Lipinski definition) is 4. The zero-order valence-corrected chi connectivity index (χ0v) is 15.7. The standard InChI is InChI=1S/C22H22N4O/c1-15-7-8-18(16(2)11-15)13-23-21-9-10-22-24-14-20(26(22)25-21)17-5-4-6-19(12-17)27-3/h4-12,14H,13H2,1-3H3,(H,23,25). The summed E-state index contributed by atoms with van der Waals surface area (Å²) < 4.78 is 7.19. The molecule has 2 aromatic carbocycles. The molecule has 136 valence electrons. The number of anilines is 1. The van der Waals surface area contributed by atoms with Crippen LogP contribution in [-0.2, 0) is 6.54 Å². The summed E-state index contributed by atoms with van der Waals surface area (Å²) in [7, 11) is 1.67. The summed E-state index contributed by atoms with van der Waals surface area (Å²) in [6.45, 7) is 4.98. The Balaban J connectivity index is 1.63. The van der Waals surface area contributed by atoms with E-state index in [2.05, 4.69) is 42.3 Å². The highest BCUT2D eigenvalue weighted by Crippen LogP contribution is 2.24. The van der Waals surface area contributed by atoms with Gasteiger partial charge in [-0.3, -0.25) is 0 Å². The molecule has 0 unspecified atom stereocenters.